The van der Waals surface area contributed by atoms with Gasteiger partial charge in [-0.25, -0.2) is 15.4 Å². The van der Waals surface area contributed by atoms with Crippen molar-refractivity contribution in [2.24, 2.45) is 0 Å². The molecule has 0 aliphatic carbocycles. The zero-order valence-electron chi connectivity index (χ0n) is 11.0. The molecule has 20 heavy (non-hydrogen) atoms. The van der Waals surface area contributed by atoms with Gasteiger partial charge in [0.2, 0.25) is 0 Å². The highest BCUT2D eigenvalue weighted by atomic mass is 16.5. The van der Waals surface area contributed by atoms with Gasteiger partial charge < -0.3 is 15.2 Å². The van der Waals surface area contributed by atoms with Crippen LogP contribution < -0.4 is 15.8 Å². The van der Waals surface area contributed by atoms with Gasteiger partial charge in [0.1, 0.15) is 18.4 Å². The topological polar surface area (TPSA) is 82.5 Å². The first kappa shape index (κ1) is 12.1. The number of aliphatic hydroxyl groups excluding tert-OH is 1. The molecule has 3 aliphatic heterocycles. The number of nitrogens with one attached hydrogen (secondary N) is 2. The number of anilines is 2. The van der Waals surface area contributed by atoms with Crippen LogP contribution in [0.5, 0.6) is 0 Å². The molecule has 4 rings (SSSR count). The lowest BCUT2D eigenvalue weighted by atomic mass is 10.1. The fraction of sp³-hybridized carbons (Fsp3) is 0.538. The summed E-state index contributed by atoms with van der Waals surface area (Å²) >= 11 is 0. The van der Waals surface area contributed by atoms with Crippen molar-refractivity contribution in [2.75, 3.05) is 23.5 Å². The van der Waals surface area contributed by atoms with Crippen LogP contribution in [0.3, 0.4) is 0 Å². The van der Waals surface area contributed by atoms with E-state index in [1.807, 2.05) is 5.01 Å². The van der Waals surface area contributed by atoms with Gasteiger partial charge in [-0.3, -0.25) is 5.01 Å². The third kappa shape index (κ3) is 1.78. The monoisotopic (exact) mass is 275 g/mol. The van der Waals surface area contributed by atoms with Crippen molar-refractivity contribution >= 4 is 11.6 Å². The Balaban J connectivity index is 1.68. The minimum absolute atomic E-state index is 0.0666. The van der Waals surface area contributed by atoms with Crippen molar-refractivity contribution in [1.29, 1.82) is 0 Å². The first-order valence-corrected chi connectivity index (χ1v) is 6.94. The van der Waals surface area contributed by atoms with E-state index in [2.05, 4.69) is 32.9 Å². The van der Waals surface area contributed by atoms with E-state index < -0.39 is 0 Å². The van der Waals surface area contributed by atoms with Gasteiger partial charge in [-0.15, -0.1) is 0 Å². The average molecular weight is 275 g/mol. The number of aromatic nitrogens is 2. The fourth-order valence-electron chi connectivity index (χ4n) is 3.01. The van der Waals surface area contributed by atoms with E-state index in [9.17, 15) is 5.11 Å². The maximum Gasteiger partial charge on any atom is 0.155 e. The zero-order valence-corrected chi connectivity index (χ0v) is 11.0. The lowest BCUT2D eigenvalue weighted by Crippen LogP contribution is -2.43. The Morgan fingerprint density at radius 2 is 2.35 bits per heavy atom. The quantitative estimate of drug-likeness (QED) is 0.670. The Hall–Kier alpha value is -1.70. The van der Waals surface area contributed by atoms with E-state index in [0.29, 0.717) is 0 Å². The molecule has 106 valence electrons. The molecule has 7 nitrogen and oxygen atoms in total. The summed E-state index contributed by atoms with van der Waals surface area (Å²) in [6, 6.07) is 0.0768. The van der Waals surface area contributed by atoms with E-state index in [0.717, 1.165) is 36.6 Å². The number of nitrogens with zero attached hydrogens (tertiary/aromatic N) is 3. The molecule has 1 aromatic rings. The van der Waals surface area contributed by atoms with Gasteiger partial charge in [0.15, 0.2) is 5.82 Å². The first-order valence-electron chi connectivity index (χ1n) is 6.94. The third-order valence-corrected chi connectivity index (χ3v) is 3.97. The number of ether oxygens (including phenoxy) is 1. The minimum atomic E-state index is -0.0912. The van der Waals surface area contributed by atoms with E-state index in [1.165, 1.54) is 0 Å². The molecule has 0 bridgehead atoms. The molecule has 3 atom stereocenters. The molecule has 0 amide bonds. The van der Waals surface area contributed by atoms with Crippen LogP contribution in [-0.4, -0.2) is 40.6 Å². The highest BCUT2D eigenvalue weighted by Crippen LogP contribution is 2.39. The van der Waals surface area contributed by atoms with Crippen LogP contribution in [0.1, 0.15) is 24.4 Å². The largest absolute Gasteiger partial charge is 0.394 e. The summed E-state index contributed by atoms with van der Waals surface area (Å²) in [6.45, 7) is 0.839. The smallest absolute Gasteiger partial charge is 0.155 e. The fourth-order valence-corrected chi connectivity index (χ4v) is 3.01. The van der Waals surface area contributed by atoms with Crippen molar-refractivity contribution in [3.8, 4) is 0 Å². The summed E-state index contributed by atoms with van der Waals surface area (Å²) in [5.74, 6) is 1.74. The number of hydrogen-bond donors (Lipinski definition) is 3. The summed E-state index contributed by atoms with van der Waals surface area (Å²) in [6.07, 6.45) is 7.34. The molecule has 3 N–H and O–H groups in total. The highest BCUT2D eigenvalue weighted by molar-refractivity contribution is 5.65. The van der Waals surface area contributed by atoms with Gasteiger partial charge in [-0.2, -0.15) is 0 Å². The molecule has 0 saturated carbocycles. The van der Waals surface area contributed by atoms with Gasteiger partial charge in [0.25, 0.3) is 0 Å². The Morgan fingerprint density at radius 3 is 3.20 bits per heavy atom. The van der Waals surface area contributed by atoms with Gasteiger partial charge in [0, 0.05) is 6.54 Å². The van der Waals surface area contributed by atoms with Crippen LogP contribution in [0, 0.1) is 0 Å². The van der Waals surface area contributed by atoms with Crippen molar-refractivity contribution in [3.63, 3.8) is 0 Å². The van der Waals surface area contributed by atoms with Crippen molar-refractivity contribution in [2.45, 2.75) is 31.2 Å². The molecule has 1 aromatic heterocycles. The zero-order chi connectivity index (χ0) is 13.5. The lowest BCUT2D eigenvalue weighted by molar-refractivity contribution is 0.00659. The van der Waals surface area contributed by atoms with E-state index in [1.54, 1.807) is 6.33 Å². The maximum atomic E-state index is 9.20. The minimum Gasteiger partial charge on any atom is -0.394 e. The van der Waals surface area contributed by atoms with Crippen molar-refractivity contribution in [1.82, 2.24) is 15.4 Å². The van der Waals surface area contributed by atoms with E-state index in [-0.39, 0.29) is 25.0 Å². The molecule has 7 heteroatoms. The van der Waals surface area contributed by atoms with Crippen LogP contribution in [-0.2, 0) is 4.74 Å². The Kier molecular flexibility index (Phi) is 2.83. The third-order valence-electron chi connectivity index (χ3n) is 3.97. The van der Waals surface area contributed by atoms with Crippen molar-refractivity contribution in [3.05, 3.63) is 24.0 Å². The molecular formula is C13H17N5O2. The second-order valence-electron chi connectivity index (χ2n) is 5.22. The van der Waals surface area contributed by atoms with Gasteiger partial charge in [-0.1, -0.05) is 12.2 Å². The van der Waals surface area contributed by atoms with E-state index in [4.69, 9.17) is 4.74 Å². The second-order valence-corrected chi connectivity index (χ2v) is 5.22. The molecule has 1 saturated heterocycles. The molecule has 0 radical (unpaired) electrons. The van der Waals surface area contributed by atoms with Crippen LogP contribution in [0.2, 0.25) is 0 Å². The number of hydrogen-bond acceptors (Lipinski definition) is 7. The first-order chi connectivity index (χ1) is 9.86. The molecule has 3 aliphatic rings. The van der Waals surface area contributed by atoms with Gasteiger partial charge in [0.05, 0.1) is 24.3 Å². The molecule has 1 fully saturated rings. The molecule has 1 unspecified atom stereocenters. The summed E-state index contributed by atoms with van der Waals surface area (Å²) in [7, 11) is 0. The Morgan fingerprint density at radius 1 is 1.40 bits per heavy atom. The standard InChI is InChI=1S/C13H17N5O2/c19-6-8-3-4-10(20-8)18-13-11-9(17-18)2-1-5-14-12(11)15-7-16-13/h1-2,7-10,17,19H,3-6H2,(H,14,15,16)/t8-,9?,10+/m0/s1. The Labute approximate surface area is 116 Å². The molecule has 0 aromatic carbocycles. The highest BCUT2D eigenvalue weighted by Gasteiger charge is 2.39. The van der Waals surface area contributed by atoms with Crippen LogP contribution in [0.15, 0.2) is 18.5 Å². The Bertz CT molecular complexity index is 550. The summed E-state index contributed by atoms with van der Waals surface area (Å²) in [4.78, 5) is 8.72. The predicted octanol–water partition coefficient (Wildman–Crippen LogP) is 0.321. The number of hydrazine groups is 1. The maximum absolute atomic E-state index is 9.20. The summed E-state index contributed by atoms with van der Waals surface area (Å²) in [5, 5.41) is 14.5. The summed E-state index contributed by atoms with van der Waals surface area (Å²) in [5.41, 5.74) is 4.49. The number of aliphatic hydroxyl groups is 1. The number of rotatable bonds is 2. The SMILES string of the molecule is OC[C@@H]1CC[C@H](N2NC3C=CCNc4ncnc2c43)O1. The van der Waals surface area contributed by atoms with Gasteiger partial charge >= 0.3 is 0 Å². The normalized spacial score (nSPS) is 31.1. The second kappa shape index (κ2) is 4.69. The van der Waals surface area contributed by atoms with E-state index >= 15 is 0 Å². The summed E-state index contributed by atoms with van der Waals surface area (Å²) < 4.78 is 5.84. The van der Waals surface area contributed by atoms with Crippen LogP contribution in [0.25, 0.3) is 0 Å². The van der Waals surface area contributed by atoms with Crippen molar-refractivity contribution < 1.29 is 9.84 Å². The van der Waals surface area contributed by atoms with Gasteiger partial charge in [-0.05, 0) is 12.8 Å². The van der Waals surface area contributed by atoms with Crippen LogP contribution >= 0.6 is 0 Å². The molecule has 4 heterocycles. The predicted molar refractivity (Wildman–Crippen MR) is 73.0 cm³/mol. The van der Waals surface area contributed by atoms with Crippen LogP contribution in [0.4, 0.5) is 11.6 Å². The lowest BCUT2D eigenvalue weighted by Gasteiger charge is -2.26. The average Bonchev–Trinajstić information content (AvgIpc) is 3.02. The molecular weight excluding hydrogens is 258 g/mol. The molecule has 0 spiro atoms.